The number of hydrogen-bond acceptors (Lipinski definition) is 7. The summed E-state index contributed by atoms with van der Waals surface area (Å²) in [6.07, 6.45) is 3.17. The van der Waals surface area contributed by atoms with Crippen molar-refractivity contribution >= 4 is 23.5 Å². The van der Waals surface area contributed by atoms with Gasteiger partial charge in [0.2, 0.25) is 0 Å². The van der Waals surface area contributed by atoms with Crippen molar-refractivity contribution in [2.45, 2.75) is 45.6 Å². The number of amides is 1. The maximum Gasteiger partial charge on any atom is 0.311 e. The van der Waals surface area contributed by atoms with Crippen LogP contribution in [0.2, 0.25) is 5.02 Å². The zero-order valence-electron chi connectivity index (χ0n) is 21.8. The number of aliphatic hydroxyl groups excluding tert-OH is 1. The molecule has 204 valence electrons. The largest absolute Gasteiger partial charge is 0.466 e. The zero-order chi connectivity index (χ0) is 27.4. The van der Waals surface area contributed by atoms with Crippen molar-refractivity contribution in [1.29, 1.82) is 0 Å². The minimum atomic E-state index is -0.905. The van der Waals surface area contributed by atoms with Crippen molar-refractivity contribution in [3.8, 4) is 11.1 Å². The molecule has 3 N–H and O–H groups in total. The number of halogens is 1. The number of aliphatic hydroxyl groups is 1. The van der Waals surface area contributed by atoms with Crippen LogP contribution in [0, 0.1) is 5.41 Å². The Labute approximate surface area is 227 Å². The number of hydrogen-bond donors (Lipinski definition) is 3. The quantitative estimate of drug-likeness (QED) is 0.194. The van der Waals surface area contributed by atoms with E-state index in [1.165, 1.54) is 6.20 Å². The number of nitrogens with one attached hydrogen (secondary N) is 2. The smallest absolute Gasteiger partial charge is 0.311 e. The first-order chi connectivity index (χ1) is 18.3. The van der Waals surface area contributed by atoms with E-state index >= 15 is 0 Å². The lowest BCUT2D eigenvalue weighted by Gasteiger charge is -2.32. The first-order valence-electron chi connectivity index (χ1n) is 12.7. The van der Waals surface area contributed by atoms with E-state index in [0.29, 0.717) is 43.9 Å². The molecule has 0 unspecified atom stereocenters. The van der Waals surface area contributed by atoms with Gasteiger partial charge in [-0.3, -0.25) is 14.7 Å². The minimum absolute atomic E-state index is 0.0431. The summed E-state index contributed by atoms with van der Waals surface area (Å²) in [6, 6.07) is 15.3. The molecule has 1 heterocycles. The van der Waals surface area contributed by atoms with Gasteiger partial charge in [-0.25, -0.2) is 0 Å². The Bertz CT molecular complexity index is 1160. The second-order valence-corrected chi connectivity index (χ2v) is 9.80. The van der Waals surface area contributed by atoms with Crippen LogP contribution in [-0.4, -0.2) is 64.9 Å². The van der Waals surface area contributed by atoms with Crippen LogP contribution in [0.5, 0.6) is 0 Å². The van der Waals surface area contributed by atoms with Gasteiger partial charge in [-0.2, -0.15) is 0 Å². The molecule has 0 saturated carbocycles. The maximum absolute atomic E-state index is 13.0. The Balaban J connectivity index is 1.80. The van der Waals surface area contributed by atoms with Crippen LogP contribution in [0.3, 0.4) is 0 Å². The topological polar surface area (TPSA) is 126 Å². The SMILES string of the molecule is CCOC(=O)[C@](C)(CCOCCCO)C[C@@H](Cc1ccc(-c2cccc(Cl)c2)cc1)NC(=O)c1c[nH]nn1. The van der Waals surface area contributed by atoms with Crippen LogP contribution in [0.25, 0.3) is 11.1 Å². The van der Waals surface area contributed by atoms with Crippen LogP contribution >= 0.6 is 11.6 Å². The second-order valence-electron chi connectivity index (χ2n) is 9.37. The fraction of sp³-hybridized carbons (Fsp3) is 0.429. The Morgan fingerprint density at radius 2 is 1.95 bits per heavy atom. The fourth-order valence-electron chi connectivity index (χ4n) is 4.23. The lowest BCUT2D eigenvalue weighted by molar-refractivity contribution is -0.156. The van der Waals surface area contributed by atoms with Crippen molar-refractivity contribution in [2.75, 3.05) is 26.4 Å². The molecule has 10 heteroatoms. The molecular weight excluding hydrogens is 508 g/mol. The van der Waals surface area contributed by atoms with Gasteiger partial charge in [0.1, 0.15) is 0 Å². The first-order valence-corrected chi connectivity index (χ1v) is 13.1. The van der Waals surface area contributed by atoms with E-state index in [9.17, 15) is 9.59 Å². The van der Waals surface area contributed by atoms with Crippen LogP contribution in [0.1, 0.15) is 49.2 Å². The third kappa shape index (κ3) is 8.65. The first kappa shape index (κ1) is 29.3. The van der Waals surface area contributed by atoms with Gasteiger partial charge in [-0.1, -0.05) is 53.2 Å². The number of ether oxygens (including phenoxy) is 2. The molecule has 9 nitrogen and oxygen atoms in total. The number of H-pyrrole nitrogens is 1. The molecule has 1 aromatic heterocycles. The van der Waals surface area contributed by atoms with E-state index in [-0.39, 0.29) is 30.8 Å². The summed E-state index contributed by atoms with van der Waals surface area (Å²) in [5.41, 5.74) is 2.28. The van der Waals surface area contributed by atoms with Crippen molar-refractivity contribution in [1.82, 2.24) is 20.7 Å². The van der Waals surface area contributed by atoms with Crippen molar-refractivity contribution < 1.29 is 24.2 Å². The Morgan fingerprint density at radius 1 is 1.16 bits per heavy atom. The van der Waals surface area contributed by atoms with Crippen LogP contribution in [-0.2, 0) is 20.7 Å². The predicted octanol–water partition coefficient (Wildman–Crippen LogP) is 4.21. The van der Waals surface area contributed by atoms with Gasteiger partial charge in [0.25, 0.3) is 5.91 Å². The molecule has 0 spiro atoms. The molecule has 0 fully saturated rings. The number of rotatable bonds is 15. The third-order valence-electron chi connectivity index (χ3n) is 6.29. The third-order valence-corrected chi connectivity index (χ3v) is 6.52. The van der Waals surface area contributed by atoms with Gasteiger partial charge in [-0.15, -0.1) is 5.10 Å². The average molecular weight is 543 g/mol. The number of carbonyl (C=O) groups is 2. The highest BCUT2D eigenvalue weighted by molar-refractivity contribution is 6.30. The van der Waals surface area contributed by atoms with Gasteiger partial charge in [-0.05, 0) is 68.4 Å². The summed E-state index contributed by atoms with van der Waals surface area (Å²) in [5.74, 6) is -0.729. The highest BCUT2D eigenvalue weighted by atomic mass is 35.5. The minimum Gasteiger partial charge on any atom is -0.466 e. The van der Waals surface area contributed by atoms with E-state index in [1.54, 1.807) is 6.92 Å². The Kier molecular flexibility index (Phi) is 11.3. The highest BCUT2D eigenvalue weighted by Crippen LogP contribution is 2.31. The molecule has 0 aliphatic heterocycles. The molecule has 0 aliphatic rings. The number of esters is 1. The molecule has 2 atom stereocenters. The molecule has 3 rings (SSSR count). The number of nitrogens with zero attached hydrogens (tertiary/aromatic N) is 2. The van der Waals surface area contributed by atoms with Crippen molar-refractivity contribution in [2.24, 2.45) is 5.41 Å². The van der Waals surface area contributed by atoms with Gasteiger partial charge in [0, 0.05) is 30.9 Å². The van der Waals surface area contributed by atoms with Gasteiger partial charge in [0.15, 0.2) is 5.69 Å². The Morgan fingerprint density at radius 3 is 2.61 bits per heavy atom. The summed E-state index contributed by atoms with van der Waals surface area (Å²) < 4.78 is 11.0. The fourth-order valence-corrected chi connectivity index (χ4v) is 4.42. The number of benzene rings is 2. The van der Waals surface area contributed by atoms with Crippen LogP contribution in [0.4, 0.5) is 0 Å². The molecule has 0 radical (unpaired) electrons. The Hall–Kier alpha value is -3.27. The lowest BCUT2D eigenvalue weighted by Crippen LogP contribution is -2.43. The van der Waals surface area contributed by atoms with Crippen molar-refractivity contribution in [3.05, 3.63) is 71.0 Å². The van der Waals surface area contributed by atoms with Crippen LogP contribution in [0.15, 0.2) is 54.7 Å². The molecule has 2 aromatic carbocycles. The molecule has 0 saturated heterocycles. The molecule has 38 heavy (non-hydrogen) atoms. The van der Waals surface area contributed by atoms with E-state index in [1.807, 2.05) is 55.5 Å². The average Bonchev–Trinajstić information content (AvgIpc) is 3.44. The molecule has 0 bridgehead atoms. The summed E-state index contributed by atoms with van der Waals surface area (Å²) in [7, 11) is 0. The van der Waals surface area contributed by atoms with Gasteiger partial charge in [0.05, 0.1) is 18.2 Å². The number of aromatic nitrogens is 3. The van der Waals surface area contributed by atoms with E-state index in [0.717, 1.165) is 16.7 Å². The monoisotopic (exact) mass is 542 g/mol. The summed E-state index contributed by atoms with van der Waals surface area (Å²) >= 11 is 6.15. The second kappa shape index (κ2) is 14.6. The van der Waals surface area contributed by atoms with Gasteiger partial charge >= 0.3 is 5.97 Å². The van der Waals surface area contributed by atoms with E-state index in [2.05, 4.69) is 20.7 Å². The van der Waals surface area contributed by atoms with Crippen LogP contribution < -0.4 is 5.32 Å². The lowest BCUT2D eigenvalue weighted by atomic mass is 9.79. The standard InChI is InChI=1S/C28H35ClN4O5/c1-3-38-27(36)28(2,12-15-37-14-5-13-34)18-24(31-26(35)25-19-30-33-32-25)16-20-8-10-21(11-9-20)22-6-4-7-23(29)17-22/h4,6-11,17,19,24,34H,3,5,12-16,18H2,1-2H3,(H,31,35)(H,30,32,33)/t24-,28-/m1/s1. The normalized spacial score (nSPS) is 13.5. The van der Waals surface area contributed by atoms with Crippen molar-refractivity contribution in [3.63, 3.8) is 0 Å². The summed E-state index contributed by atoms with van der Waals surface area (Å²) in [5, 5.41) is 22.7. The van der Waals surface area contributed by atoms with E-state index in [4.69, 9.17) is 26.2 Å². The molecule has 3 aromatic rings. The number of carbonyl (C=O) groups excluding carboxylic acids is 2. The summed E-state index contributed by atoms with van der Waals surface area (Å²) in [6.45, 7) is 4.62. The molecule has 0 aliphatic carbocycles. The van der Waals surface area contributed by atoms with E-state index < -0.39 is 11.5 Å². The zero-order valence-corrected chi connectivity index (χ0v) is 22.5. The summed E-state index contributed by atoms with van der Waals surface area (Å²) in [4.78, 5) is 25.9. The maximum atomic E-state index is 13.0. The highest BCUT2D eigenvalue weighted by Gasteiger charge is 2.37. The number of aromatic amines is 1. The molecule has 1 amide bonds. The predicted molar refractivity (Wildman–Crippen MR) is 145 cm³/mol. The van der Waals surface area contributed by atoms with Gasteiger partial charge < -0.3 is 19.9 Å². The molecular formula is C28H35ClN4O5.